The third-order valence-corrected chi connectivity index (χ3v) is 3.58. The van der Waals surface area contributed by atoms with Crippen LogP contribution in [-0.4, -0.2) is 22.9 Å². The van der Waals surface area contributed by atoms with Gasteiger partial charge in [-0.1, -0.05) is 22.6 Å². The second-order valence-corrected chi connectivity index (χ2v) is 4.56. The van der Waals surface area contributed by atoms with Crippen LogP contribution in [0.4, 0.5) is 0 Å². The minimum Gasteiger partial charge on any atom is -0.377 e. The normalized spacial score (nSPS) is 34.3. The van der Waals surface area contributed by atoms with Gasteiger partial charge in [-0.2, -0.15) is 0 Å². The lowest BCUT2D eigenvalue weighted by Gasteiger charge is -2.34. The largest absolute Gasteiger partial charge is 0.377 e. The number of rotatable bonds is 1. The van der Waals surface area contributed by atoms with Crippen molar-refractivity contribution in [2.24, 2.45) is 5.41 Å². The number of ketones is 1. The Hall–Kier alpha value is 0.360. The maximum Gasteiger partial charge on any atom is 0.134 e. The first kappa shape index (κ1) is 7.98. The van der Waals surface area contributed by atoms with Crippen LogP contribution in [0, 0.1) is 5.41 Å². The monoisotopic (exact) mass is 266 g/mol. The molecule has 62 valence electrons. The predicted octanol–water partition coefficient (Wildman–Crippen LogP) is 1.56. The Morgan fingerprint density at radius 1 is 1.64 bits per heavy atom. The standard InChI is InChI=1S/C8H11IO2/c9-4-7-3-8(5-11-7)1-6(10)2-8/h7H,1-5H2/t7-/m1/s1. The molecule has 2 fully saturated rings. The van der Waals surface area contributed by atoms with Crippen molar-refractivity contribution in [2.45, 2.75) is 25.4 Å². The van der Waals surface area contributed by atoms with Crippen LogP contribution in [0.2, 0.25) is 0 Å². The van der Waals surface area contributed by atoms with Gasteiger partial charge in [-0.15, -0.1) is 0 Å². The molecule has 1 saturated heterocycles. The first-order valence-electron chi connectivity index (χ1n) is 3.93. The van der Waals surface area contributed by atoms with E-state index in [2.05, 4.69) is 22.6 Å². The second-order valence-electron chi connectivity index (χ2n) is 3.68. The van der Waals surface area contributed by atoms with E-state index >= 15 is 0 Å². The fourth-order valence-corrected chi connectivity index (χ4v) is 2.59. The Morgan fingerprint density at radius 3 is 2.82 bits per heavy atom. The molecule has 1 aliphatic heterocycles. The topological polar surface area (TPSA) is 26.3 Å². The van der Waals surface area contributed by atoms with Gasteiger partial charge in [0, 0.05) is 22.7 Å². The first-order chi connectivity index (χ1) is 5.24. The van der Waals surface area contributed by atoms with Gasteiger partial charge in [0.15, 0.2) is 0 Å². The Bertz CT molecular complexity index is 183. The fourth-order valence-electron chi connectivity index (χ4n) is 2.03. The molecule has 1 saturated carbocycles. The van der Waals surface area contributed by atoms with E-state index in [1.807, 2.05) is 0 Å². The number of carbonyl (C=O) groups is 1. The van der Waals surface area contributed by atoms with Crippen molar-refractivity contribution >= 4 is 28.4 Å². The number of hydrogen-bond acceptors (Lipinski definition) is 2. The quantitative estimate of drug-likeness (QED) is 0.532. The van der Waals surface area contributed by atoms with E-state index in [9.17, 15) is 4.79 Å². The summed E-state index contributed by atoms with van der Waals surface area (Å²) in [4.78, 5) is 10.8. The Balaban J connectivity index is 1.94. The summed E-state index contributed by atoms with van der Waals surface area (Å²) in [7, 11) is 0. The first-order valence-corrected chi connectivity index (χ1v) is 5.46. The van der Waals surface area contributed by atoms with Crippen molar-refractivity contribution in [3.63, 3.8) is 0 Å². The smallest absolute Gasteiger partial charge is 0.134 e. The van der Waals surface area contributed by atoms with Crippen molar-refractivity contribution in [2.75, 3.05) is 11.0 Å². The van der Waals surface area contributed by atoms with E-state index in [0.717, 1.165) is 30.3 Å². The highest BCUT2D eigenvalue weighted by molar-refractivity contribution is 14.1. The van der Waals surface area contributed by atoms with Crippen molar-refractivity contribution in [3.05, 3.63) is 0 Å². The van der Waals surface area contributed by atoms with Crippen LogP contribution in [-0.2, 0) is 9.53 Å². The van der Waals surface area contributed by atoms with Gasteiger partial charge < -0.3 is 4.74 Å². The Kier molecular flexibility index (Phi) is 1.95. The highest BCUT2D eigenvalue weighted by Gasteiger charge is 2.48. The summed E-state index contributed by atoms with van der Waals surface area (Å²) >= 11 is 2.34. The summed E-state index contributed by atoms with van der Waals surface area (Å²) in [5.41, 5.74) is 0.285. The van der Waals surface area contributed by atoms with E-state index in [1.54, 1.807) is 0 Å². The highest BCUT2D eigenvalue weighted by Crippen LogP contribution is 2.47. The van der Waals surface area contributed by atoms with Gasteiger partial charge in [-0.05, 0) is 6.42 Å². The van der Waals surface area contributed by atoms with E-state index < -0.39 is 0 Å². The van der Waals surface area contributed by atoms with Gasteiger partial charge in [0.1, 0.15) is 5.78 Å². The maximum atomic E-state index is 10.8. The molecule has 1 spiro atoms. The van der Waals surface area contributed by atoms with E-state index in [0.29, 0.717) is 11.9 Å². The molecular weight excluding hydrogens is 255 g/mol. The van der Waals surface area contributed by atoms with E-state index in [4.69, 9.17) is 4.74 Å². The molecule has 0 bridgehead atoms. The molecule has 3 heteroatoms. The molecule has 0 aromatic rings. The zero-order valence-electron chi connectivity index (χ0n) is 6.31. The molecule has 11 heavy (non-hydrogen) atoms. The van der Waals surface area contributed by atoms with Gasteiger partial charge in [-0.25, -0.2) is 0 Å². The maximum absolute atomic E-state index is 10.8. The number of ether oxygens (including phenoxy) is 1. The predicted molar refractivity (Wildman–Crippen MR) is 49.9 cm³/mol. The third kappa shape index (κ3) is 1.33. The van der Waals surface area contributed by atoms with Crippen LogP contribution in [0.1, 0.15) is 19.3 Å². The second kappa shape index (κ2) is 2.69. The molecule has 0 amide bonds. The summed E-state index contributed by atoms with van der Waals surface area (Å²) in [6.07, 6.45) is 3.09. The minimum atomic E-state index is 0.285. The zero-order valence-corrected chi connectivity index (χ0v) is 8.46. The van der Waals surface area contributed by atoms with Crippen LogP contribution < -0.4 is 0 Å². The van der Waals surface area contributed by atoms with Gasteiger partial charge in [-0.3, -0.25) is 4.79 Å². The molecule has 1 atom stereocenters. The molecule has 2 nitrogen and oxygen atoms in total. The van der Waals surface area contributed by atoms with Crippen LogP contribution in [0.15, 0.2) is 0 Å². The lowest BCUT2D eigenvalue weighted by molar-refractivity contribution is -0.132. The lowest BCUT2D eigenvalue weighted by Crippen LogP contribution is -2.38. The zero-order chi connectivity index (χ0) is 7.90. The van der Waals surface area contributed by atoms with Crippen LogP contribution in [0.5, 0.6) is 0 Å². The molecule has 0 radical (unpaired) electrons. The van der Waals surface area contributed by atoms with E-state index in [-0.39, 0.29) is 5.41 Å². The third-order valence-electron chi connectivity index (χ3n) is 2.60. The molecule has 1 aliphatic carbocycles. The Morgan fingerprint density at radius 2 is 2.36 bits per heavy atom. The number of carbonyl (C=O) groups excluding carboxylic acids is 1. The molecule has 0 aromatic carbocycles. The summed E-state index contributed by atoms with van der Waals surface area (Å²) in [5.74, 6) is 0.419. The van der Waals surface area contributed by atoms with Gasteiger partial charge in [0.05, 0.1) is 12.7 Å². The van der Waals surface area contributed by atoms with Gasteiger partial charge in [0.25, 0.3) is 0 Å². The van der Waals surface area contributed by atoms with Crippen LogP contribution in [0.3, 0.4) is 0 Å². The molecule has 2 aliphatic rings. The lowest BCUT2D eigenvalue weighted by atomic mass is 9.67. The molecule has 1 heterocycles. The Labute approximate surface area is 79.8 Å². The number of halogens is 1. The van der Waals surface area contributed by atoms with Crippen molar-refractivity contribution in [1.29, 1.82) is 0 Å². The number of alkyl halides is 1. The SMILES string of the molecule is O=C1CC2(CO[C@@H](CI)C2)C1. The van der Waals surface area contributed by atoms with E-state index in [1.165, 1.54) is 0 Å². The average Bonchev–Trinajstić information content (AvgIpc) is 2.31. The highest BCUT2D eigenvalue weighted by atomic mass is 127. The van der Waals surface area contributed by atoms with Crippen molar-refractivity contribution in [3.8, 4) is 0 Å². The van der Waals surface area contributed by atoms with Crippen molar-refractivity contribution in [1.82, 2.24) is 0 Å². The molecule has 2 rings (SSSR count). The molecule has 0 aromatic heterocycles. The fraction of sp³-hybridized carbons (Fsp3) is 0.875. The van der Waals surface area contributed by atoms with Gasteiger partial charge in [0.2, 0.25) is 0 Å². The molecular formula is C8H11IO2. The summed E-state index contributed by atoms with van der Waals surface area (Å²) in [6.45, 7) is 0.826. The number of Topliss-reactive ketones (excluding diaryl/α,β-unsaturated/α-hetero) is 1. The summed E-state index contributed by atoms with van der Waals surface area (Å²) < 4.78 is 6.61. The van der Waals surface area contributed by atoms with Gasteiger partial charge >= 0.3 is 0 Å². The minimum absolute atomic E-state index is 0.285. The molecule has 0 unspecified atom stereocenters. The van der Waals surface area contributed by atoms with Crippen LogP contribution in [0.25, 0.3) is 0 Å². The van der Waals surface area contributed by atoms with Crippen LogP contribution >= 0.6 is 22.6 Å². The van der Waals surface area contributed by atoms with Crippen molar-refractivity contribution < 1.29 is 9.53 Å². The average molecular weight is 266 g/mol. The molecule has 0 N–H and O–H groups in total. The summed E-state index contributed by atoms with van der Waals surface area (Å²) in [6, 6.07) is 0. The summed E-state index contributed by atoms with van der Waals surface area (Å²) in [5, 5.41) is 0. The number of hydrogen-bond donors (Lipinski definition) is 0.